The maximum absolute atomic E-state index is 6.64. The molecule has 0 aliphatic heterocycles. The number of hydrogen-bond donors (Lipinski definition) is 1. The number of fused-ring (bicyclic) bond motifs is 1. The molecule has 3 aromatic rings. The van der Waals surface area contributed by atoms with Gasteiger partial charge in [-0.3, -0.25) is 4.98 Å². The van der Waals surface area contributed by atoms with Crippen molar-refractivity contribution in [1.29, 1.82) is 0 Å². The van der Waals surface area contributed by atoms with E-state index < -0.39 is 0 Å². The van der Waals surface area contributed by atoms with E-state index in [1.54, 1.807) is 0 Å². The van der Waals surface area contributed by atoms with Gasteiger partial charge in [0.25, 0.3) is 0 Å². The third-order valence-electron chi connectivity index (χ3n) is 4.31. The minimum absolute atomic E-state index is 0.0900. The molecule has 2 N–H and O–H groups in total. The van der Waals surface area contributed by atoms with Crippen molar-refractivity contribution in [2.45, 2.75) is 25.3 Å². The topological polar surface area (TPSA) is 38.9 Å². The molecule has 106 valence electrons. The first-order valence-corrected chi connectivity index (χ1v) is 7.25. The minimum atomic E-state index is -0.147. The van der Waals surface area contributed by atoms with Crippen LogP contribution in [0.5, 0.6) is 0 Å². The normalized spacial score (nSPS) is 13.3. The standard InChI is InChI=1S/C19H20N2/c1-19(2,14-8-4-3-5-9-14)18(20)16-10-6-12-17-15(16)11-7-13-21-17/h3-13,18H,20H2,1-2H3. The third kappa shape index (κ3) is 2.43. The Labute approximate surface area is 125 Å². The molecule has 0 bridgehead atoms. The van der Waals surface area contributed by atoms with Gasteiger partial charge in [0.2, 0.25) is 0 Å². The molecule has 1 atom stereocenters. The molecular weight excluding hydrogens is 256 g/mol. The number of nitrogens with two attached hydrogens (primary N) is 1. The maximum atomic E-state index is 6.64. The summed E-state index contributed by atoms with van der Waals surface area (Å²) in [4.78, 5) is 4.42. The lowest BCUT2D eigenvalue weighted by molar-refractivity contribution is 0.423. The molecule has 0 aliphatic carbocycles. The van der Waals surface area contributed by atoms with Gasteiger partial charge in [-0.05, 0) is 23.3 Å². The van der Waals surface area contributed by atoms with E-state index in [1.165, 1.54) is 5.56 Å². The molecule has 1 aromatic heterocycles. The largest absolute Gasteiger partial charge is 0.323 e. The predicted octanol–water partition coefficient (Wildman–Crippen LogP) is 4.21. The van der Waals surface area contributed by atoms with E-state index in [-0.39, 0.29) is 11.5 Å². The summed E-state index contributed by atoms with van der Waals surface area (Å²) in [6.07, 6.45) is 1.82. The fourth-order valence-electron chi connectivity index (χ4n) is 2.83. The van der Waals surface area contributed by atoms with Gasteiger partial charge in [-0.1, -0.05) is 62.4 Å². The molecule has 1 unspecified atom stereocenters. The van der Waals surface area contributed by atoms with Crippen LogP contribution in [0.3, 0.4) is 0 Å². The van der Waals surface area contributed by atoms with Crippen LogP contribution in [0.15, 0.2) is 66.9 Å². The Balaban J connectivity index is 2.10. The summed E-state index contributed by atoms with van der Waals surface area (Å²) in [6, 6.07) is 20.6. The van der Waals surface area contributed by atoms with Crippen molar-refractivity contribution >= 4 is 10.9 Å². The molecule has 0 spiro atoms. The Bertz CT molecular complexity index is 742. The van der Waals surface area contributed by atoms with Crippen LogP contribution in [0.25, 0.3) is 10.9 Å². The highest BCUT2D eigenvalue weighted by Gasteiger charge is 2.30. The lowest BCUT2D eigenvalue weighted by Crippen LogP contribution is -2.33. The van der Waals surface area contributed by atoms with Crippen LogP contribution in [-0.2, 0) is 5.41 Å². The van der Waals surface area contributed by atoms with Crippen molar-refractivity contribution in [3.63, 3.8) is 0 Å². The molecule has 2 heteroatoms. The fourth-order valence-corrected chi connectivity index (χ4v) is 2.83. The van der Waals surface area contributed by atoms with Crippen LogP contribution in [0.2, 0.25) is 0 Å². The smallest absolute Gasteiger partial charge is 0.0705 e. The predicted molar refractivity (Wildman–Crippen MR) is 88.1 cm³/mol. The van der Waals surface area contributed by atoms with E-state index >= 15 is 0 Å². The average Bonchev–Trinajstić information content (AvgIpc) is 2.54. The summed E-state index contributed by atoms with van der Waals surface area (Å²) < 4.78 is 0. The monoisotopic (exact) mass is 276 g/mol. The molecule has 2 nitrogen and oxygen atoms in total. The quantitative estimate of drug-likeness (QED) is 0.778. The van der Waals surface area contributed by atoms with Crippen LogP contribution < -0.4 is 5.73 Å². The highest BCUT2D eigenvalue weighted by Crippen LogP contribution is 2.37. The molecule has 3 rings (SSSR count). The van der Waals surface area contributed by atoms with Crippen LogP contribution >= 0.6 is 0 Å². The van der Waals surface area contributed by atoms with Crippen LogP contribution in [0, 0.1) is 0 Å². The molecule has 0 amide bonds. The van der Waals surface area contributed by atoms with Gasteiger partial charge in [0.05, 0.1) is 5.52 Å². The molecule has 0 aliphatic rings. The van der Waals surface area contributed by atoms with Crippen molar-refractivity contribution in [2.75, 3.05) is 0 Å². The van der Waals surface area contributed by atoms with Crippen molar-refractivity contribution in [1.82, 2.24) is 4.98 Å². The first-order valence-electron chi connectivity index (χ1n) is 7.25. The van der Waals surface area contributed by atoms with E-state index in [0.29, 0.717) is 0 Å². The molecule has 0 fully saturated rings. The van der Waals surface area contributed by atoms with Crippen molar-refractivity contribution in [3.05, 3.63) is 78.0 Å². The van der Waals surface area contributed by atoms with Crippen LogP contribution in [-0.4, -0.2) is 4.98 Å². The Morgan fingerprint density at radius 1 is 0.905 bits per heavy atom. The van der Waals surface area contributed by atoms with Gasteiger partial charge in [-0.2, -0.15) is 0 Å². The summed E-state index contributed by atoms with van der Waals surface area (Å²) in [7, 11) is 0. The van der Waals surface area contributed by atoms with Gasteiger partial charge in [-0.25, -0.2) is 0 Å². The summed E-state index contributed by atoms with van der Waals surface area (Å²) in [6.45, 7) is 4.39. The summed E-state index contributed by atoms with van der Waals surface area (Å²) in [5.74, 6) is 0. The van der Waals surface area contributed by atoms with Gasteiger partial charge >= 0.3 is 0 Å². The van der Waals surface area contributed by atoms with E-state index in [9.17, 15) is 0 Å². The Hall–Kier alpha value is -2.19. The molecule has 21 heavy (non-hydrogen) atoms. The minimum Gasteiger partial charge on any atom is -0.323 e. The van der Waals surface area contributed by atoms with Gasteiger partial charge < -0.3 is 5.73 Å². The van der Waals surface area contributed by atoms with Crippen molar-refractivity contribution in [3.8, 4) is 0 Å². The van der Waals surface area contributed by atoms with Crippen molar-refractivity contribution < 1.29 is 0 Å². The average molecular weight is 276 g/mol. The SMILES string of the molecule is CC(C)(c1ccccc1)C(N)c1cccc2ncccc12. The van der Waals surface area contributed by atoms with Gasteiger partial charge in [0.1, 0.15) is 0 Å². The molecule has 0 saturated carbocycles. The maximum Gasteiger partial charge on any atom is 0.0705 e. The molecule has 0 saturated heterocycles. The van der Waals surface area contributed by atoms with Crippen molar-refractivity contribution in [2.24, 2.45) is 5.73 Å². The number of rotatable bonds is 3. The Morgan fingerprint density at radius 2 is 1.67 bits per heavy atom. The van der Waals surface area contributed by atoms with E-state index in [4.69, 9.17) is 5.73 Å². The van der Waals surface area contributed by atoms with Gasteiger partial charge in [0, 0.05) is 23.0 Å². The first-order chi connectivity index (χ1) is 10.1. The molecule has 0 radical (unpaired) electrons. The zero-order valence-electron chi connectivity index (χ0n) is 12.5. The van der Waals surface area contributed by atoms with Gasteiger partial charge in [-0.15, -0.1) is 0 Å². The lowest BCUT2D eigenvalue weighted by atomic mass is 9.74. The summed E-state index contributed by atoms with van der Waals surface area (Å²) in [5, 5.41) is 1.14. The third-order valence-corrected chi connectivity index (χ3v) is 4.31. The number of pyridine rings is 1. The van der Waals surface area contributed by atoms with E-state index in [1.807, 2.05) is 30.5 Å². The Kier molecular flexibility index (Phi) is 3.48. The zero-order valence-corrected chi connectivity index (χ0v) is 12.5. The molecular formula is C19H20N2. The highest BCUT2D eigenvalue weighted by molar-refractivity contribution is 5.82. The lowest BCUT2D eigenvalue weighted by Gasteiger charge is -2.33. The highest BCUT2D eigenvalue weighted by atomic mass is 14.7. The van der Waals surface area contributed by atoms with Gasteiger partial charge in [0.15, 0.2) is 0 Å². The summed E-state index contributed by atoms with van der Waals surface area (Å²) >= 11 is 0. The Morgan fingerprint density at radius 3 is 2.43 bits per heavy atom. The second kappa shape index (κ2) is 5.30. The zero-order chi connectivity index (χ0) is 14.9. The second-order valence-electron chi connectivity index (χ2n) is 5.98. The van der Waals surface area contributed by atoms with E-state index in [2.05, 4.69) is 55.2 Å². The second-order valence-corrected chi connectivity index (χ2v) is 5.98. The van der Waals surface area contributed by atoms with E-state index in [0.717, 1.165) is 16.5 Å². The number of aromatic nitrogens is 1. The first kappa shape index (κ1) is 13.8. The molecule has 1 heterocycles. The summed E-state index contributed by atoms with van der Waals surface area (Å²) in [5.41, 5.74) is 9.89. The number of nitrogens with zero attached hydrogens (tertiary/aromatic N) is 1. The van der Waals surface area contributed by atoms with Crippen LogP contribution in [0.1, 0.15) is 31.0 Å². The number of hydrogen-bond acceptors (Lipinski definition) is 2. The molecule has 2 aromatic carbocycles. The van der Waals surface area contributed by atoms with Crippen LogP contribution in [0.4, 0.5) is 0 Å². The fraction of sp³-hybridized carbons (Fsp3) is 0.211. The number of benzene rings is 2.